The summed E-state index contributed by atoms with van der Waals surface area (Å²) in [5.74, 6) is 6.16. The van der Waals surface area contributed by atoms with Crippen LogP contribution in [0.15, 0.2) is 42.5 Å². The van der Waals surface area contributed by atoms with Crippen LogP contribution < -0.4 is 0 Å². The number of H-pyrrole nitrogens is 1. The minimum absolute atomic E-state index is 0.958. The van der Waals surface area contributed by atoms with Crippen molar-refractivity contribution in [3.63, 3.8) is 0 Å². The van der Waals surface area contributed by atoms with E-state index in [4.69, 9.17) is 0 Å². The first-order chi connectivity index (χ1) is 9.40. The van der Waals surface area contributed by atoms with Crippen molar-refractivity contribution >= 4 is 6.08 Å². The molecule has 2 rings (SSSR count). The van der Waals surface area contributed by atoms with Gasteiger partial charge in [-0.2, -0.15) is 5.10 Å². The zero-order valence-electron chi connectivity index (χ0n) is 11.2. The van der Waals surface area contributed by atoms with Gasteiger partial charge in [0.2, 0.25) is 0 Å². The fourth-order valence-electron chi connectivity index (χ4n) is 1.71. The van der Waals surface area contributed by atoms with Crippen molar-refractivity contribution in [2.45, 2.75) is 26.2 Å². The summed E-state index contributed by atoms with van der Waals surface area (Å²) in [6.45, 7) is 2.17. The van der Waals surface area contributed by atoms with Crippen LogP contribution in [0.4, 0.5) is 0 Å². The average Bonchev–Trinajstić information content (AvgIpc) is 2.92. The Morgan fingerprint density at radius 2 is 2.11 bits per heavy atom. The molecular weight excluding hydrogens is 232 g/mol. The predicted molar refractivity (Wildman–Crippen MR) is 80.4 cm³/mol. The quantitative estimate of drug-likeness (QED) is 0.636. The van der Waals surface area contributed by atoms with Crippen LogP contribution in [-0.4, -0.2) is 10.2 Å². The van der Waals surface area contributed by atoms with E-state index in [1.165, 1.54) is 12.8 Å². The summed E-state index contributed by atoms with van der Waals surface area (Å²) in [5.41, 5.74) is 3.05. The van der Waals surface area contributed by atoms with Gasteiger partial charge < -0.3 is 0 Å². The molecule has 0 atom stereocenters. The molecular formula is C17H18N2. The maximum atomic E-state index is 4.29. The largest absolute Gasteiger partial charge is 0.278 e. The molecule has 0 bridgehead atoms. The number of aromatic nitrogens is 2. The zero-order valence-corrected chi connectivity index (χ0v) is 11.2. The standard InChI is InChI=1S/C17H18N2/c1-2-3-4-5-6-10-13-16-14-17(19-18-16)15-11-8-7-9-12-15/h7-14H,2-4H2,1H3,(H,18,19)/b13-10-. The Hall–Kier alpha value is -2.27. The number of hydrogen-bond donors (Lipinski definition) is 1. The van der Waals surface area contributed by atoms with E-state index in [0.29, 0.717) is 0 Å². The van der Waals surface area contributed by atoms with Crippen LogP contribution in [0.25, 0.3) is 17.3 Å². The number of rotatable bonds is 4. The highest BCUT2D eigenvalue weighted by Crippen LogP contribution is 2.17. The third kappa shape index (κ3) is 4.15. The summed E-state index contributed by atoms with van der Waals surface area (Å²) in [4.78, 5) is 0. The first-order valence-electron chi connectivity index (χ1n) is 6.66. The van der Waals surface area contributed by atoms with Gasteiger partial charge in [0.25, 0.3) is 0 Å². The molecule has 0 radical (unpaired) electrons. The molecule has 19 heavy (non-hydrogen) atoms. The molecule has 0 amide bonds. The van der Waals surface area contributed by atoms with Gasteiger partial charge in [-0.25, -0.2) is 0 Å². The van der Waals surface area contributed by atoms with Crippen molar-refractivity contribution in [3.8, 4) is 23.1 Å². The minimum Gasteiger partial charge on any atom is -0.278 e. The van der Waals surface area contributed by atoms with Gasteiger partial charge in [-0.15, -0.1) is 0 Å². The van der Waals surface area contributed by atoms with Crippen molar-refractivity contribution in [2.75, 3.05) is 0 Å². The summed E-state index contributed by atoms with van der Waals surface area (Å²) < 4.78 is 0. The van der Waals surface area contributed by atoms with Gasteiger partial charge in [-0.1, -0.05) is 55.5 Å². The van der Waals surface area contributed by atoms with Gasteiger partial charge in [0.15, 0.2) is 0 Å². The molecule has 0 saturated heterocycles. The van der Waals surface area contributed by atoms with Crippen LogP contribution in [0.2, 0.25) is 0 Å². The number of nitrogens with one attached hydrogen (secondary N) is 1. The summed E-state index contributed by atoms with van der Waals surface area (Å²) in [6.07, 6.45) is 7.16. The fourth-order valence-corrected chi connectivity index (χ4v) is 1.71. The van der Waals surface area contributed by atoms with Crippen molar-refractivity contribution in [2.24, 2.45) is 0 Å². The third-order valence-electron chi connectivity index (χ3n) is 2.77. The van der Waals surface area contributed by atoms with E-state index in [1.807, 2.05) is 48.6 Å². The lowest BCUT2D eigenvalue weighted by atomic mass is 10.1. The molecule has 0 fully saturated rings. The van der Waals surface area contributed by atoms with Gasteiger partial charge in [0.1, 0.15) is 0 Å². The van der Waals surface area contributed by atoms with Crippen LogP contribution in [0.3, 0.4) is 0 Å². The van der Waals surface area contributed by atoms with Gasteiger partial charge in [0.05, 0.1) is 11.4 Å². The highest BCUT2D eigenvalue weighted by molar-refractivity contribution is 5.62. The smallest absolute Gasteiger partial charge is 0.0926 e. The summed E-state index contributed by atoms with van der Waals surface area (Å²) in [5, 5.41) is 7.29. The van der Waals surface area contributed by atoms with E-state index in [0.717, 1.165) is 23.4 Å². The van der Waals surface area contributed by atoms with Gasteiger partial charge in [0, 0.05) is 12.0 Å². The van der Waals surface area contributed by atoms with E-state index in [1.54, 1.807) is 0 Å². The highest BCUT2D eigenvalue weighted by Gasteiger charge is 2.00. The number of allylic oxidation sites excluding steroid dienone is 1. The SMILES string of the molecule is CCCCC#C/C=C\c1cc(-c2ccccc2)n[nH]1. The molecule has 1 aromatic heterocycles. The molecule has 2 nitrogen and oxygen atoms in total. The van der Waals surface area contributed by atoms with E-state index < -0.39 is 0 Å². The predicted octanol–water partition coefficient (Wildman–Crippen LogP) is 4.28. The van der Waals surface area contributed by atoms with E-state index >= 15 is 0 Å². The molecule has 2 aromatic rings. The van der Waals surface area contributed by atoms with Crippen LogP contribution in [0, 0.1) is 11.8 Å². The number of hydrogen-bond acceptors (Lipinski definition) is 1. The van der Waals surface area contributed by atoms with Crippen LogP contribution in [0.5, 0.6) is 0 Å². The summed E-state index contributed by atoms with van der Waals surface area (Å²) in [6, 6.07) is 12.2. The Morgan fingerprint density at radius 1 is 1.26 bits per heavy atom. The van der Waals surface area contributed by atoms with Gasteiger partial charge in [-0.3, -0.25) is 5.10 Å². The molecule has 0 aliphatic carbocycles. The first-order valence-corrected chi connectivity index (χ1v) is 6.66. The second-order valence-electron chi connectivity index (χ2n) is 4.33. The maximum Gasteiger partial charge on any atom is 0.0926 e. The van der Waals surface area contributed by atoms with Crippen LogP contribution in [0.1, 0.15) is 31.9 Å². The van der Waals surface area contributed by atoms with E-state index in [2.05, 4.69) is 29.0 Å². The highest BCUT2D eigenvalue weighted by atomic mass is 15.1. The van der Waals surface area contributed by atoms with Gasteiger partial charge >= 0.3 is 0 Å². The number of aromatic amines is 1. The first kappa shape index (κ1) is 13.2. The molecule has 0 saturated carbocycles. The second-order valence-corrected chi connectivity index (χ2v) is 4.33. The van der Waals surface area contributed by atoms with Crippen LogP contribution in [-0.2, 0) is 0 Å². The maximum absolute atomic E-state index is 4.29. The van der Waals surface area contributed by atoms with E-state index in [9.17, 15) is 0 Å². The van der Waals surface area contributed by atoms with Crippen molar-refractivity contribution in [3.05, 3.63) is 48.2 Å². The molecule has 1 heterocycles. The topological polar surface area (TPSA) is 28.7 Å². The number of unbranched alkanes of at least 4 members (excludes halogenated alkanes) is 2. The summed E-state index contributed by atoms with van der Waals surface area (Å²) in [7, 11) is 0. The Morgan fingerprint density at radius 3 is 2.89 bits per heavy atom. The lowest BCUT2D eigenvalue weighted by molar-refractivity contribution is 0.828. The van der Waals surface area contributed by atoms with Gasteiger partial charge in [-0.05, 0) is 24.6 Å². The third-order valence-corrected chi connectivity index (χ3v) is 2.77. The average molecular weight is 250 g/mol. The Kier molecular flexibility index (Phi) is 5.01. The Labute approximate surface area is 114 Å². The zero-order chi connectivity index (χ0) is 13.3. The Bertz CT molecular complexity index is 582. The van der Waals surface area contributed by atoms with Crippen molar-refractivity contribution < 1.29 is 0 Å². The molecule has 0 spiro atoms. The number of nitrogens with zero attached hydrogens (tertiary/aromatic N) is 1. The normalized spacial score (nSPS) is 10.4. The molecule has 1 aromatic carbocycles. The lowest BCUT2D eigenvalue weighted by Crippen LogP contribution is -1.75. The molecule has 0 unspecified atom stereocenters. The molecule has 0 aliphatic rings. The number of benzene rings is 1. The van der Waals surface area contributed by atoms with Crippen molar-refractivity contribution in [1.29, 1.82) is 0 Å². The van der Waals surface area contributed by atoms with E-state index in [-0.39, 0.29) is 0 Å². The molecule has 1 N–H and O–H groups in total. The minimum atomic E-state index is 0.958. The molecule has 96 valence electrons. The molecule has 0 aliphatic heterocycles. The fraction of sp³-hybridized carbons (Fsp3) is 0.235. The van der Waals surface area contributed by atoms with Crippen molar-refractivity contribution in [1.82, 2.24) is 10.2 Å². The monoisotopic (exact) mass is 250 g/mol. The second kappa shape index (κ2) is 7.23. The molecule has 2 heteroatoms. The Balaban J connectivity index is 1.97. The van der Waals surface area contributed by atoms with Crippen LogP contribution >= 0.6 is 0 Å². The lowest BCUT2D eigenvalue weighted by Gasteiger charge is -1.92. The summed E-state index contributed by atoms with van der Waals surface area (Å²) >= 11 is 0.